The smallest absolute Gasteiger partial charge is 0.236 e. The van der Waals surface area contributed by atoms with E-state index in [0.717, 1.165) is 12.1 Å². The van der Waals surface area contributed by atoms with Gasteiger partial charge in [0.05, 0.1) is 0 Å². The zero-order valence-corrected chi connectivity index (χ0v) is 4.99. The second-order valence-corrected chi connectivity index (χ2v) is 1.35. The Balaban J connectivity index is 0.000000640. The fraction of sp³-hybridized carbons (Fsp3) is 0. The second kappa shape index (κ2) is 3.66. The molecule has 1 aromatic rings. The van der Waals surface area contributed by atoms with E-state index in [1.54, 1.807) is 0 Å². The average molecular weight is 120 g/mol. The minimum absolute atomic E-state index is 0. The maximum atomic E-state index is 11.9. The molecule has 0 aromatic heterocycles. The minimum Gasteiger partial charge on any atom is -0.236 e. The molecule has 3 heteroatoms. The molecule has 0 nitrogen and oxygen atoms in total. The van der Waals surface area contributed by atoms with Crippen LogP contribution in [-0.4, -0.2) is 0 Å². The minimum atomic E-state index is -0.662. The molecule has 0 saturated carbocycles. The first kappa shape index (κ1) is 8.68. The number of benzene rings is 1. The van der Waals surface area contributed by atoms with Crippen molar-refractivity contribution >= 4 is 0 Å². The molecule has 0 aliphatic carbocycles. The zero-order chi connectivity index (χ0) is 5.98. The fourth-order valence-electron chi connectivity index (χ4n) is 0.412. The number of rotatable bonds is 0. The molecular formula is C6H3F2Li. The molecule has 0 fully saturated rings. The summed E-state index contributed by atoms with van der Waals surface area (Å²) in [6.45, 7) is 0. The van der Waals surface area contributed by atoms with Gasteiger partial charge in [-0.05, 0) is 0 Å². The predicted octanol–water partition coefficient (Wildman–Crippen LogP) is -1.23. The van der Waals surface area contributed by atoms with Crippen LogP contribution in [0.25, 0.3) is 0 Å². The van der Waals surface area contributed by atoms with Crippen LogP contribution in [0.15, 0.2) is 18.2 Å². The van der Waals surface area contributed by atoms with Crippen LogP contribution in [0, 0.1) is 17.7 Å². The Morgan fingerprint density at radius 2 is 2.00 bits per heavy atom. The maximum absolute atomic E-state index is 11.9. The Morgan fingerprint density at radius 3 is 2.33 bits per heavy atom. The molecule has 0 spiro atoms. The van der Waals surface area contributed by atoms with Crippen molar-refractivity contribution in [3.8, 4) is 0 Å². The van der Waals surface area contributed by atoms with Crippen molar-refractivity contribution in [1.82, 2.24) is 0 Å². The van der Waals surface area contributed by atoms with Crippen molar-refractivity contribution in [2.45, 2.75) is 0 Å². The summed E-state index contributed by atoms with van der Waals surface area (Å²) in [7, 11) is 0. The number of hydrogen-bond donors (Lipinski definition) is 0. The van der Waals surface area contributed by atoms with E-state index in [2.05, 4.69) is 6.07 Å². The Hall–Kier alpha value is -0.323. The van der Waals surface area contributed by atoms with Gasteiger partial charge in [0.25, 0.3) is 0 Å². The molecule has 1 rings (SSSR count). The van der Waals surface area contributed by atoms with Crippen molar-refractivity contribution in [2.24, 2.45) is 0 Å². The Labute approximate surface area is 64.1 Å². The molecule has 9 heavy (non-hydrogen) atoms. The zero-order valence-electron chi connectivity index (χ0n) is 4.99. The second-order valence-electron chi connectivity index (χ2n) is 1.35. The first-order chi connectivity index (χ1) is 3.79. The van der Waals surface area contributed by atoms with Crippen LogP contribution in [0.1, 0.15) is 0 Å². The van der Waals surface area contributed by atoms with E-state index < -0.39 is 11.6 Å². The third-order valence-electron chi connectivity index (χ3n) is 0.728. The predicted molar refractivity (Wildman–Crippen MR) is 25.2 cm³/mol. The van der Waals surface area contributed by atoms with Gasteiger partial charge in [-0.15, -0.1) is 18.2 Å². The summed E-state index contributed by atoms with van der Waals surface area (Å²) in [6, 6.07) is 5.28. The van der Waals surface area contributed by atoms with Crippen molar-refractivity contribution in [3.63, 3.8) is 0 Å². The third kappa shape index (κ3) is 2.64. The van der Waals surface area contributed by atoms with Crippen LogP contribution in [-0.2, 0) is 0 Å². The summed E-state index contributed by atoms with van der Waals surface area (Å²) in [5.74, 6) is -1.23. The SMILES string of the molecule is Fc1[c-]ccc(F)c1.[Li+]. The summed E-state index contributed by atoms with van der Waals surface area (Å²) in [4.78, 5) is 0. The van der Waals surface area contributed by atoms with Crippen LogP contribution >= 0.6 is 0 Å². The van der Waals surface area contributed by atoms with Gasteiger partial charge in [-0.2, -0.15) is 6.07 Å². The molecule has 1 aromatic carbocycles. The first-order valence-electron chi connectivity index (χ1n) is 2.12. The van der Waals surface area contributed by atoms with Gasteiger partial charge in [0.2, 0.25) is 0 Å². The molecular weight excluding hydrogens is 117 g/mol. The fourth-order valence-corrected chi connectivity index (χ4v) is 0.412. The van der Waals surface area contributed by atoms with Gasteiger partial charge < -0.3 is 0 Å². The van der Waals surface area contributed by atoms with Crippen molar-refractivity contribution < 1.29 is 27.6 Å². The molecule has 0 amide bonds. The molecule has 0 heterocycles. The monoisotopic (exact) mass is 120 g/mol. The van der Waals surface area contributed by atoms with E-state index in [0.29, 0.717) is 0 Å². The molecule has 0 saturated heterocycles. The van der Waals surface area contributed by atoms with Gasteiger partial charge in [-0.3, -0.25) is 0 Å². The van der Waals surface area contributed by atoms with Gasteiger partial charge in [0.1, 0.15) is 0 Å². The van der Waals surface area contributed by atoms with Crippen molar-refractivity contribution in [3.05, 3.63) is 35.9 Å². The van der Waals surface area contributed by atoms with Gasteiger partial charge in [-0.1, -0.05) is 0 Å². The third-order valence-corrected chi connectivity index (χ3v) is 0.728. The molecule has 0 aliphatic heterocycles. The maximum Gasteiger partial charge on any atom is 1.00 e. The topological polar surface area (TPSA) is 0 Å². The van der Waals surface area contributed by atoms with Crippen LogP contribution < -0.4 is 18.9 Å². The molecule has 0 radical (unpaired) electrons. The molecule has 0 atom stereocenters. The molecule has 42 valence electrons. The van der Waals surface area contributed by atoms with E-state index in [1.807, 2.05) is 0 Å². The Morgan fingerprint density at radius 1 is 1.33 bits per heavy atom. The van der Waals surface area contributed by atoms with Crippen molar-refractivity contribution in [1.29, 1.82) is 0 Å². The van der Waals surface area contributed by atoms with Crippen LogP contribution in [0.3, 0.4) is 0 Å². The summed E-state index contributed by atoms with van der Waals surface area (Å²) in [5, 5.41) is 0. The van der Waals surface area contributed by atoms with E-state index >= 15 is 0 Å². The Bertz CT molecular complexity index is 171. The molecule has 0 unspecified atom stereocenters. The standard InChI is InChI=1S/C6H3F2.Li/c7-5-2-1-3-6(8)4-5;/h1-2,4H;/q-1;+1. The number of hydrogen-bond acceptors (Lipinski definition) is 0. The van der Waals surface area contributed by atoms with Crippen LogP contribution in [0.5, 0.6) is 0 Å². The first-order valence-corrected chi connectivity index (χ1v) is 2.12. The van der Waals surface area contributed by atoms with Gasteiger partial charge in [0, 0.05) is 11.6 Å². The molecule has 0 aliphatic rings. The molecule has 0 bridgehead atoms. The quantitative estimate of drug-likeness (QED) is 0.297. The van der Waals surface area contributed by atoms with Gasteiger partial charge in [-0.25, -0.2) is 8.78 Å². The van der Waals surface area contributed by atoms with E-state index in [-0.39, 0.29) is 18.9 Å². The van der Waals surface area contributed by atoms with Crippen molar-refractivity contribution in [2.75, 3.05) is 0 Å². The largest absolute Gasteiger partial charge is 1.00 e. The Kier molecular flexibility index (Phi) is 3.52. The normalized spacial score (nSPS) is 8.22. The van der Waals surface area contributed by atoms with E-state index in [1.165, 1.54) is 6.07 Å². The van der Waals surface area contributed by atoms with Crippen LogP contribution in [0.4, 0.5) is 8.78 Å². The summed E-state index contributed by atoms with van der Waals surface area (Å²) in [6.07, 6.45) is 0. The summed E-state index contributed by atoms with van der Waals surface area (Å²) in [5.41, 5.74) is 0. The average Bonchev–Trinajstić information content (AvgIpc) is 1.64. The van der Waals surface area contributed by atoms with E-state index in [4.69, 9.17) is 0 Å². The van der Waals surface area contributed by atoms with E-state index in [9.17, 15) is 8.78 Å². The molecule has 0 N–H and O–H groups in total. The van der Waals surface area contributed by atoms with Gasteiger partial charge >= 0.3 is 18.9 Å². The summed E-state index contributed by atoms with van der Waals surface area (Å²) >= 11 is 0. The van der Waals surface area contributed by atoms with Crippen LogP contribution in [0.2, 0.25) is 0 Å². The summed E-state index contributed by atoms with van der Waals surface area (Å²) < 4.78 is 23.8. The van der Waals surface area contributed by atoms with Gasteiger partial charge in [0.15, 0.2) is 0 Å². The number of halogens is 2.